The van der Waals surface area contributed by atoms with Crippen molar-refractivity contribution in [2.45, 2.75) is 44.2 Å². The van der Waals surface area contributed by atoms with Gasteiger partial charge in [0.15, 0.2) is 16.4 Å². The summed E-state index contributed by atoms with van der Waals surface area (Å²) in [6, 6.07) is 13.3. The van der Waals surface area contributed by atoms with Gasteiger partial charge in [0.25, 0.3) is 5.91 Å². The van der Waals surface area contributed by atoms with Crippen molar-refractivity contribution in [2.75, 3.05) is 18.1 Å². The predicted molar refractivity (Wildman–Crippen MR) is 115 cm³/mol. The van der Waals surface area contributed by atoms with E-state index in [4.69, 9.17) is 9.15 Å². The van der Waals surface area contributed by atoms with Gasteiger partial charge in [-0.3, -0.25) is 4.79 Å². The number of hydrogen-bond acceptors (Lipinski definition) is 5. The van der Waals surface area contributed by atoms with Gasteiger partial charge in [0.2, 0.25) is 0 Å². The number of nitrogens with zero attached hydrogens (tertiary/aromatic N) is 1. The highest BCUT2D eigenvalue weighted by atomic mass is 32.2. The van der Waals surface area contributed by atoms with Gasteiger partial charge in [0, 0.05) is 22.9 Å². The van der Waals surface area contributed by atoms with Gasteiger partial charge in [0.05, 0.1) is 11.5 Å². The lowest BCUT2D eigenvalue weighted by molar-refractivity contribution is -0.137. The number of hydrogen-bond donors (Lipinski definition) is 0. The predicted octanol–water partition coefficient (Wildman–Crippen LogP) is 3.92. The molecule has 5 rings (SSSR count). The molecule has 1 amide bonds. The summed E-state index contributed by atoms with van der Waals surface area (Å²) < 4.78 is 35.7. The number of fused-ring (bicyclic) bond motifs is 3. The summed E-state index contributed by atoms with van der Waals surface area (Å²) in [5, 5.41) is 1.96. The van der Waals surface area contributed by atoms with Gasteiger partial charge in [-0.15, -0.1) is 0 Å². The van der Waals surface area contributed by atoms with Gasteiger partial charge in [-0.2, -0.15) is 0 Å². The zero-order chi connectivity index (χ0) is 20.7. The quantitative estimate of drug-likeness (QED) is 0.617. The Labute approximate surface area is 175 Å². The van der Waals surface area contributed by atoms with Crippen LogP contribution in [0.4, 0.5) is 0 Å². The summed E-state index contributed by atoms with van der Waals surface area (Å²) in [6.07, 6.45) is 4.57. The second kappa shape index (κ2) is 7.61. The van der Waals surface area contributed by atoms with Gasteiger partial charge in [-0.25, -0.2) is 8.42 Å². The third-order valence-corrected chi connectivity index (χ3v) is 8.07. The molecule has 2 fully saturated rings. The fourth-order valence-electron chi connectivity index (χ4n) is 4.90. The summed E-state index contributed by atoms with van der Waals surface area (Å²) in [7, 11) is -3.05. The van der Waals surface area contributed by atoms with Crippen molar-refractivity contribution < 1.29 is 22.4 Å². The molecule has 1 saturated carbocycles. The second-order valence-corrected chi connectivity index (χ2v) is 10.6. The second-order valence-electron chi connectivity index (χ2n) is 8.34. The highest BCUT2D eigenvalue weighted by Crippen LogP contribution is 2.32. The minimum absolute atomic E-state index is 0.0716. The van der Waals surface area contributed by atoms with Gasteiger partial charge in [-0.05, 0) is 43.5 Å². The Morgan fingerprint density at radius 3 is 2.53 bits per heavy atom. The summed E-state index contributed by atoms with van der Waals surface area (Å²) in [4.78, 5) is 14.9. The number of amides is 1. The van der Waals surface area contributed by atoms with Crippen molar-refractivity contribution in [3.8, 4) is 5.75 Å². The van der Waals surface area contributed by atoms with Crippen LogP contribution < -0.4 is 4.74 Å². The first-order chi connectivity index (χ1) is 14.5. The fourth-order valence-corrected chi connectivity index (χ4v) is 6.61. The molecule has 2 aliphatic rings. The van der Waals surface area contributed by atoms with Crippen molar-refractivity contribution in [2.24, 2.45) is 0 Å². The van der Waals surface area contributed by atoms with E-state index in [9.17, 15) is 13.2 Å². The van der Waals surface area contributed by atoms with Crippen molar-refractivity contribution in [3.05, 3.63) is 42.5 Å². The Morgan fingerprint density at radius 2 is 1.77 bits per heavy atom. The van der Waals surface area contributed by atoms with Crippen molar-refractivity contribution in [1.29, 1.82) is 0 Å². The highest BCUT2D eigenvalue weighted by molar-refractivity contribution is 7.91. The molecular formula is C23H25NO5S. The molecule has 1 aliphatic heterocycles. The summed E-state index contributed by atoms with van der Waals surface area (Å²) in [5.74, 6) is 0.718. The van der Waals surface area contributed by atoms with Crippen LogP contribution >= 0.6 is 0 Å². The first-order valence-corrected chi connectivity index (χ1v) is 12.4. The van der Waals surface area contributed by atoms with Crippen LogP contribution in [0.3, 0.4) is 0 Å². The number of sulfone groups is 1. The molecule has 0 unspecified atom stereocenters. The lowest BCUT2D eigenvalue weighted by atomic mass is 10.1. The number of carbonyl (C=O) groups excluding carboxylic acids is 1. The van der Waals surface area contributed by atoms with Crippen LogP contribution in [0.25, 0.3) is 21.9 Å². The number of carbonyl (C=O) groups is 1. The molecule has 0 spiro atoms. The maximum atomic E-state index is 13.1. The number of furan rings is 1. The molecule has 158 valence electrons. The monoisotopic (exact) mass is 427 g/mol. The zero-order valence-corrected chi connectivity index (χ0v) is 17.6. The molecule has 0 N–H and O–H groups in total. The molecule has 3 aromatic rings. The van der Waals surface area contributed by atoms with Crippen LogP contribution in [0.2, 0.25) is 0 Å². The Hall–Kier alpha value is -2.54. The molecule has 1 saturated heterocycles. The first kappa shape index (κ1) is 19.4. The Balaban J connectivity index is 1.35. The minimum atomic E-state index is -3.05. The molecule has 0 radical (unpaired) electrons. The Bertz CT molecular complexity index is 1190. The number of rotatable bonds is 5. The van der Waals surface area contributed by atoms with Gasteiger partial charge < -0.3 is 14.1 Å². The third-order valence-electron chi connectivity index (χ3n) is 6.32. The van der Waals surface area contributed by atoms with E-state index in [1.54, 1.807) is 6.07 Å². The van der Waals surface area contributed by atoms with Crippen molar-refractivity contribution in [3.63, 3.8) is 0 Å². The van der Waals surface area contributed by atoms with Crippen LogP contribution in [-0.2, 0) is 14.6 Å². The SMILES string of the molecule is O=C(COc1ccc2oc3ccccc3c2c1)N(C1CCCC1)[C@@H]1CCS(=O)(=O)C1. The summed E-state index contributed by atoms with van der Waals surface area (Å²) in [5.41, 5.74) is 1.59. The standard InChI is InChI=1S/C23H25NO5S/c25-23(24(16-5-1-2-6-16)17-11-12-30(26,27)15-17)14-28-18-9-10-22-20(13-18)19-7-3-4-8-21(19)29-22/h3-4,7-10,13,16-17H,1-2,5-6,11-12,14-15H2/t17-/m1/s1. The van der Waals surface area contributed by atoms with E-state index in [0.29, 0.717) is 12.2 Å². The van der Waals surface area contributed by atoms with Gasteiger partial charge >= 0.3 is 0 Å². The average Bonchev–Trinajstić information content (AvgIpc) is 3.45. The van der Waals surface area contributed by atoms with Crippen LogP contribution in [-0.4, -0.2) is 49.4 Å². The van der Waals surface area contributed by atoms with E-state index in [0.717, 1.165) is 47.6 Å². The number of benzene rings is 2. The topological polar surface area (TPSA) is 76.8 Å². The molecule has 0 bridgehead atoms. The molecule has 1 aliphatic carbocycles. The van der Waals surface area contributed by atoms with Crippen LogP contribution in [0.15, 0.2) is 46.9 Å². The van der Waals surface area contributed by atoms with Crippen LogP contribution in [0.5, 0.6) is 5.75 Å². The van der Waals surface area contributed by atoms with Crippen LogP contribution in [0.1, 0.15) is 32.1 Å². The van der Waals surface area contributed by atoms with Crippen LogP contribution in [0, 0.1) is 0 Å². The van der Waals surface area contributed by atoms with Gasteiger partial charge in [0.1, 0.15) is 16.9 Å². The first-order valence-electron chi connectivity index (χ1n) is 10.6. The average molecular weight is 428 g/mol. The lowest BCUT2D eigenvalue weighted by Crippen LogP contribution is -2.48. The third kappa shape index (κ3) is 3.67. The maximum absolute atomic E-state index is 13.1. The Morgan fingerprint density at radius 1 is 1.00 bits per heavy atom. The van der Waals surface area contributed by atoms with Crippen molar-refractivity contribution >= 4 is 37.7 Å². The fraction of sp³-hybridized carbons (Fsp3) is 0.435. The van der Waals surface area contributed by atoms with E-state index in [1.165, 1.54) is 0 Å². The Kier molecular flexibility index (Phi) is 4.93. The maximum Gasteiger partial charge on any atom is 0.261 e. The molecule has 7 heteroatoms. The summed E-state index contributed by atoms with van der Waals surface area (Å²) in [6.45, 7) is -0.0890. The normalized spacial score (nSPS) is 21.4. The number of ether oxygens (including phenoxy) is 1. The molecular weight excluding hydrogens is 402 g/mol. The zero-order valence-electron chi connectivity index (χ0n) is 16.7. The smallest absolute Gasteiger partial charge is 0.261 e. The molecule has 6 nitrogen and oxygen atoms in total. The molecule has 30 heavy (non-hydrogen) atoms. The van der Waals surface area contributed by atoms with E-state index in [2.05, 4.69) is 0 Å². The highest BCUT2D eigenvalue weighted by Gasteiger charge is 2.39. The van der Waals surface area contributed by atoms with Gasteiger partial charge in [-0.1, -0.05) is 31.0 Å². The van der Waals surface area contributed by atoms with E-state index < -0.39 is 9.84 Å². The number of para-hydroxylation sites is 1. The molecule has 2 heterocycles. The minimum Gasteiger partial charge on any atom is -0.484 e. The molecule has 2 aromatic carbocycles. The van der Waals surface area contributed by atoms with E-state index >= 15 is 0 Å². The summed E-state index contributed by atoms with van der Waals surface area (Å²) >= 11 is 0. The largest absolute Gasteiger partial charge is 0.484 e. The molecule has 1 atom stereocenters. The van der Waals surface area contributed by atoms with E-state index in [1.807, 2.05) is 41.3 Å². The van der Waals surface area contributed by atoms with E-state index in [-0.39, 0.29) is 36.1 Å². The molecule has 1 aromatic heterocycles. The van der Waals surface area contributed by atoms with Crippen molar-refractivity contribution in [1.82, 2.24) is 4.90 Å². The lowest BCUT2D eigenvalue weighted by Gasteiger charge is -2.34.